The maximum absolute atomic E-state index is 12.6. The number of ether oxygens (including phenoxy) is 1. The third kappa shape index (κ3) is 5.60. The van der Waals surface area contributed by atoms with Crippen molar-refractivity contribution in [2.24, 2.45) is 0 Å². The Hall–Kier alpha value is -1.20. The molecule has 1 aromatic rings. The summed E-state index contributed by atoms with van der Waals surface area (Å²) in [6.07, 6.45) is 1.71. The van der Waals surface area contributed by atoms with Gasteiger partial charge in [0.2, 0.25) is 0 Å². The van der Waals surface area contributed by atoms with E-state index in [-0.39, 0.29) is 11.6 Å². The summed E-state index contributed by atoms with van der Waals surface area (Å²) in [5.74, 6) is -0.315. The van der Waals surface area contributed by atoms with Crippen LogP contribution in [0, 0.1) is 5.82 Å². The van der Waals surface area contributed by atoms with Gasteiger partial charge in [0.25, 0.3) is 5.91 Å². The molecule has 0 aliphatic carbocycles. The van der Waals surface area contributed by atoms with Crippen molar-refractivity contribution in [1.29, 1.82) is 0 Å². The molecule has 0 aliphatic rings. The van der Waals surface area contributed by atoms with E-state index in [9.17, 15) is 9.18 Å². The maximum Gasteiger partial charge on any atom is 0.269 e. The number of aromatic nitrogens is 1. The van der Waals surface area contributed by atoms with Crippen LogP contribution in [0.3, 0.4) is 0 Å². The predicted molar refractivity (Wildman–Crippen MR) is 62.7 cm³/mol. The molecule has 0 bridgehead atoms. The molecule has 6 heteroatoms. The van der Waals surface area contributed by atoms with Crippen molar-refractivity contribution in [3.05, 3.63) is 29.8 Å². The third-order valence-electron chi connectivity index (χ3n) is 1.93. The number of rotatable bonds is 7. The van der Waals surface area contributed by atoms with Crippen LogP contribution >= 0.6 is 11.6 Å². The first-order valence-electron chi connectivity index (χ1n) is 5.27. The Labute approximate surface area is 104 Å². The van der Waals surface area contributed by atoms with Gasteiger partial charge in [0.15, 0.2) is 0 Å². The predicted octanol–water partition coefficient (Wildman–Crippen LogP) is 1.60. The molecule has 0 aromatic carbocycles. The van der Waals surface area contributed by atoms with Crippen LogP contribution in [0.5, 0.6) is 0 Å². The SMILES string of the molecule is O=C(NCCCOCCCl)c1ccc(F)cn1. The summed E-state index contributed by atoms with van der Waals surface area (Å²) in [5.41, 5.74) is 0.202. The number of nitrogens with zero attached hydrogens (tertiary/aromatic N) is 1. The molecular formula is C11H14ClFN2O2. The molecule has 1 rings (SSSR count). The number of carbonyl (C=O) groups excluding carboxylic acids is 1. The number of halogens is 2. The van der Waals surface area contributed by atoms with Gasteiger partial charge >= 0.3 is 0 Å². The minimum absolute atomic E-state index is 0.202. The first-order chi connectivity index (χ1) is 8.24. The van der Waals surface area contributed by atoms with E-state index in [1.807, 2.05) is 0 Å². The molecular weight excluding hydrogens is 247 g/mol. The summed E-state index contributed by atoms with van der Waals surface area (Å²) in [7, 11) is 0. The molecule has 0 radical (unpaired) electrons. The van der Waals surface area contributed by atoms with Crippen LogP contribution in [0.2, 0.25) is 0 Å². The van der Waals surface area contributed by atoms with Crippen LogP contribution in [0.25, 0.3) is 0 Å². The van der Waals surface area contributed by atoms with Crippen LogP contribution in [0.1, 0.15) is 16.9 Å². The minimum Gasteiger partial charge on any atom is -0.380 e. The van der Waals surface area contributed by atoms with E-state index in [2.05, 4.69) is 10.3 Å². The van der Waals surface area contributed by atoms with Gasteiger partial charge in [0, 0.05) is 19.0 Å². The van der Waals surface area contributed by atoms with Crippen LogP contribution < -0.4 is 5.32 Å². The number of hydrogen-bond donors (Lipinski definition) is 1. The van der Waals surface area contributed by atoms with Gasteiger partial charge in [0.1, 0.15) is 11.5 Å². The second-order valence-corrected chi connectivity index (χ2v) is 3.65. The third-order valence-corrected chi connectivity index (χ3v) is 2.09. The monoisotopic (exact) mass is 260 g/mol. The fourth-order valence-electron chi connectivity index (χ4n) is 1.13. The molecule has 17 heavy (non-hydrogen) atoms. The van der Waals surface area contributed by atoms with E-state index in [1.165, 1.54) is 12.1 Å². The molecule has 0 atom stereocenters. The summed E-state index contributed by atoms with van der Waals surface area (Å²) < 4.78 is 17.7. The van der Waals surface area contributed by atoms with Gasteiger partial charge in [-0.2, -0.15) is 0 Å². The van der Waals surface area contributed by atoms with Crippen LogP contribution in [0.4, 0.5) is 4.39 Å². The zero-order chi connectivity index (χ0) is 12.5. The topological polar surface area (TPSA) is 51.2 Å². The Morgan fingerprint density at radius 2 is 2.29 bits per heavy atom. The lowest BCUT2D eigenvalue weighted by Gasteiger charge is -2.04. The lowest BCUT2D eigenvalue weighted by molar-refractivity contribution is 0.0939. The highest BCUT2D eigenvalue weighted by Crippen LogP contribution is 1.97. The fraction of sp³-hybridized carbons (Fsp3) is 0.455. The van der Waals surface area contributed by atoms with E-state index >= 15 is 0 Å². The number of amides is 1. The molecule has 1 N–H and O–H groups in total. The molecule has 4 nitrogen and oxygen atoms in total. The van der Waals surface area contributed by atoms with Gasteiger partial charge in [-0.05, 0) is 18.6 Å². The number of nitrogens with one attached hydrogen (secondary N) is 1. The molecule has 94 valence electrons. The smallest absolute Gasteiger partial charge is 0.269 e. The summed E-state index contributed by atoms with van der Waals surface area (Å²) in [6, 6.07) is 2.54. The summed E-state index contributed by atoms with van der Waals surface area (Å²) in [5, 5.41) is 2.66. The minimum atomic E-state index is -0.462. The molecule has 0 aliphatic heterocycles. The molecule has 0 saturated carbocycles. The van der Waals surface area contributed by atoms with E-state index in [1.54, 1.807) is 0 Å². The Kier molecular flexibility index (Phi) is 6.50. The molecule has 0 unspecified atom stereocenters. The molecule has 0 saturated heterocycles. The van der Waals surface area contributed by atoms with Crippen LogP contribution in [0.15, 0.2) is 18.3 Å². The van der Waals surface area contributed by atoms with Crippen LogP contribution in [-0.2, 0) is 4.74 Å². The zero-order valence-corrected chi connectivity index (χ0v) is 10.0. The number of alkyl halides is 1. The molecule has 1 amide bonds. The molecule has 0 fully saturated rings. The van der Waals surface area contributed by atoms with Gasteiger partial charge < -0.3 is 10.1 Å². The van der Waals surface area contributed by atoms with Crippen LogP contribution in [-0.4, -0.2) is 36.5 Å². The van der Waals surface area contributed by atoms with Crippen molar-refractivity contribution in [3.8, 4) is 0 Å². The zero-order valence-electron chi connectivity index (χ0n) is 9.29. The van der Waals surface area contributed by atoms with E-state index < -0.39 is 5.82 Å². The van der Waals surface area contributed by atoms with Crippen molar-refractivity contribution in [2.45, 2.75) is 6.42 Å². The first kappa shape index (κ1) is 13.9. The second-order valence-electron chi connectivity index (χ2n) is 3.27. The van der Waals surface area contributed by atoms with Crippen molar-refractivity contribution >= 4 is 17.5 Å². The van der Waals surface area contributed by atoms with Crippen molar-refractivity contribution < 1.29 is 13.9 Å². The highest BCUT2D eigenvalue weighted by atomic mass is 35.5. The largest absolute Gasteiger partial charge is 0.380 e. The maximum atomic E-state index is 12.6. The average molecular weight is 261 g/mol. The highest BCUT2D eigenvalue weighted by molar-refractivity contribution is 6.17. The lowest BCUT2D eigenvalue weighted by Crippen LogP contribution is -2.26. The summed E-state index contributed by atoms with van der Waals surface area (Å²) in [4.78, 5) is 15.2. The number of hydrogen-bond acceptors (Lipinski definition) is 3. The van der Waals surface area contributed by atoms with Gasteiger partial charge in [-0.15, -0.1) is 11.6 Å². The Bertz CT molecular complexity index is 346. The van der Waals surface area contributed by atoms with Gasteiger partial charge in [-0.3, -0.25) is 4.79 Å². The Morgan fingerprint density at radius 3 is 2.94 bits per heavy atom. The standard InChI is InChI=1S/C11H14ClFN2O2/c12-4-7-17-6-1-5-14-11(16)10-3-2-9(13)8-15-10/h2-3,8H,1,4-7H2,(H,14,16). The lowest BCUT2D eigenvalue weighted by atomic mass is 10.3. The normalized spacial score (nSPS) is 10.2. The molecule has 1 heterocycles. The average Bonchev–Trinajstić information content (AvgIpc) is 2.34. The Morgan fingerprint density at radius 1 is 1.47 bits per heavy atom. The van der Waals surface area contributed by atoms with Crippen molar-refractivity contribution in [3.63, 3.8) is 0 Å². The summed E-state index contributed by atoms with van der Waals surface area (Å²) in [6.45, 7) is 1.54. The highest BCUT2D eigenvalue weighted by Gasteiger charge is 2.05. The Balaban J connectivity index is 2.19. The summed E-state index contributed by atoms with van der Waals surface area (Å²) >= 11 is 5.42. The van der Waals surface area contributed by atoms with Gasteiger partial charge in [-0.1, -0.05) is 0 Å². The fourth-order valence-corrected chi connectivity index (χ4v) is 1.24. The number of carbonyl (C=O) groups is 1. The quantitative estimate of drug-likeness (QED) is 0.598. The van der Waals surface area contributed by atoms with Crippen molar-refractivity contribution in [2.75, 3.05) is 25.6 Å². The van der Waals surface area contributed by atoms with E-state index in [0.717, 1.165) is 6.20 Å². The molecule has 1 aromatic heterocycles. The second kappa shape index (κ2) is 7.97. The van der Waals surface area contributed by atoms with E-state index in [0.29, 0.717) is 32.1 Å². The van der Waals surface area contributed by atoms with Crippen molar-refractivity contribution in [1.82, 2.24) is 10.3 Å². The van der Waals surface area contributed by atoms with E-state index in [4.69, 9.17) is 16.3 Å². The van der Waals surface area contributed by atoms with Gasteiger partial charge in [0.05, 0.1) is 12.8 Å². The van der Waals surface area contributed by atoms with Gasteiger partial charge in [-0.25, -0.2) is 9.37 Å². The molecule has 0 spiro atoms. The number of pyridine rings is 1. The first-order valence-corrected chi connectivity index (χ1v) is 5.81.